The molecule has 0 spiro atoms. The van der Waals surface area contributed by atoms with Gasteiger partial charge in [0.2, 0.25) is 0 Å². The van der Waals surface area contributed by atoms with E-state index in [1.54, 1.807) is 11.6 Å². The van der Waals surface area contributed by atoms with Gasteiger partial charge in [-0.2, -0.15) is 0 Å². The molecule has 1 aliphatic carbocycles. The SMILES string of the molecule is Cc1cccc(C2(c3nnc4ccc(-c5cc(C)c(=O)n(C)c5)cn34)CC2)c1. The van der Waals surface area contributed by atoms with Crippen LogP contribution < -0.4 is 5.56 Å². The van der Waals surface area contributed by atoms with Gasteiger partial charge in [-0.25, -0.2) is 0 Å². The molecule has 1 saturated carbocycles. The Hall–Kier alpha value is -3.21. The molecule has 0 saturated heterocycles. The van der Waals surface area contributed by atoms with Crippen molar-refractivity contribution in [3.05, 3.63) is 87.7 Å². The zero-order valence-corrected chi connectivity index (χ0v) is 16.3. The van der Waals surface area contributed by atoms with E-state index in [1.165, 1.54) is 11.1 Å². The minimum Gasteiger partial charge on any atom is -0.318 e. The van der Waals surface area contributed by atoms with Crippen molar-refractivity contribution < 1.29 is 0 Å². The second-order valence-corrected chi connectivity index (χ2v) is 7.95. The average molecular weight is 370 g/mol. The quantitative estimate of drug-likeness (QED) is 0.551. The molecule has 3 heterocycles. The summed E-state index contributed by atoms with van der Waals surface area (Å²) in [4.78, 5) is 12.0. The molecule has 1 aliphatic rings. The molecule has 3 aromatic heterocycles. The van der Waals surface area contributed by atoms with Crippen LogP contribution in [0.5, 0.6) is 0 Å². The van der Waals surface area contributed by atoms with E-state index in [0.29, 0.717) is 0 Å². The second kappa shape index (κ2) is 5.89. The lowest BCUT2D eigenvalue weighted by Crippen LogP contribution is -2.18. The monoisotopic (exact) mass is 370 g/mol. The molecule has 0 amide bonds. The molecule has 28 heavy (non-hydrogen) atoms. The molecule has 0 aliphatic heterocycles. The number of aryl methyl sites for hydroxylation is 3. The third-order valence-corrected chi connectivity index (χ3v) is 5.85. The van der Waals surface area contributed by atoms with Crippen LogP contribution in [0.4, 0.5) is 0 Å². The van der Waals surface area contributed by atoms with Crippen molar-refractivity contribution in [1.29, 1.82) is 0 Å². The lowest BCUT2D eigenvalue weighted by molar-refractivity contribution is 0.739. The summed E-state index contributed by atoms with van der Waals surface area (Å²) in [7, 11) is 1.79. The molecule has 0 N–H and O–H groups in total. The molecule has 5 heteroatoms. The number of aromatic nitrogens is 4. The fourth-order valence-electron chi connectivity index (χ4n) is 4.13. The zero-order valence-electron chi connectivity index (χ0n) is 16.3. The topological polar surface area (TPSA) is 52.2 Å². The molecule has 140 valence electrons. The Labute approximate surface area is 163 Å². The Kier molecular flexibility index (Phi) is 3.56. The Balaban J connectivity index is 1.67. The highest BCUT2D eigenvalue weighted by atomic mass is 16.1. The zero-order chi connectivity index (χ0) is 19.5. The summed E-state index contributed by atoms with van der Waals surface area (Å²) in [5, 5.41) is 8.99. The highest BCUT2D eigenvalue weighted by Gasteiger charge is 2.49. The predicted octanol–water partition coefficient (Wildman–Crippen LogP) is 3.79. The third kappa shape index (κ3) is 2.50. The van der Waals surface area contributed by atoms with E-state index in [1.807, 2.05) is 31.3 Å². The number of pyridine rings is 2. The summed E-state index contributed by atoms with van der Waals surface area (Å²) >= 11 is 0. The van der Waals surface area contributed by atoms with Crippen LogP contribution in [0, 0.1) is 13.8 Å². The Morgan fingerprint density at radius 2 is 1.79 bits per heavy atom. The first-order valence-corrected chi connectivity index (χ1v) is 9.58. The fraction of sp³-hybridized carbons (Fsp3) is 0.261. The molecule has 4 aromatic rings. The molecule has 1 fully saturated rings. The van der Waals surface area contributed by atoms with Crippen molar-refractivity contribution in [2.45, 2.75) is 32.1 Å². The van der Waals surface area contributed by atoms with Gasteiger partial charge in [0, 0.05) is 25.0 Å². The number of hydrogen-bond acceptors (Lipinski definition) is 3. The first kappa shape index (κ1) is 16.9. The molecule has 5 rings (SSSR count). The van der Waals surface area contributed by atoms with Crippen LogP contribution in [-0.4, -0.2) is 19.2 Å². The van der Waals surface area contributed by atoms with Crippen LogP contribution >= 0.6 is 0 Å². The standard InChI is InChI=1S/C23H22N4O/c1-15-5-4-6-19(11-15)23(9-10-23)22-25-24-20-8-7-17(14-27(20)22)18-12-16(2)21(28)26(3)13-18/h4-8,11-14H,9-10H2,1-3H3. The van der Waals surface area contributed by atoms with Gasteiger partial charge in [0.25, 0.3) is 5.56 Å². The number of benzene rings is 1. The normalized spacial score (nSPS) is 15.1. The van der Waals surface area contributed by atoms with Crippen LogP contribution in [0.15, 0.2) is 59.7 Å². The minimum absolute atomic E-state index is 0.0335. The van der Waals surface area contributed by atoms with Crippen molar-refractivity contribution in [2.75, 3.05) is 0 Å². The third-order valence-electron chi connectivity index (χ3n) is 5.85. The van der Waals surface area contributed by atoms with Gasteiger partial charge in [-0.1, -0.05) is 29.8 Å². The van der Waals surface area contributed by atoms with Gasteiger partial charge in [-0.15, -0.1) is 10.2 Å². The van der Waals surface area contributed by atoms with Gasteiger partial charge < -0.3 is 4.57 Å². The van der Waals surface area contributed by atoms with Crippen molar-refractivity contribution in [2.24, 2.45) is 7.05 Å². The van der Waals surface area contributed by atoms with Crippen molar-refractivity contribution in [3.8, 4) is 11.1 Å². The van der Waals surface area contributed by atoms with Crippen LogP contribution in [0.1, 0.15) is 35.4 Å². The number of hydrogen-bond donors (Lipinski definition) is 0. The van der Waals surface area contributed by atoms with E-state index in [-0.39, 0.29) is 11.0 Å². The lowest BCUT2D eigenvalue weighted by atomic mass is 9.93. The molecule has 0 atom stereocenters. The molecular formula is C23H22N4O. The number of fused-ring (bicyclic) bond motifs is 1. The second-order valence-electron chi connectivity index (χ2n) is 7.95. The Morgan fingerprint density at radius 1 is 0.964 bits per heavy atom. The number of rotatable bonds is 3. The van der Waals surface area contributed by atoms with Gasteiger partial charge in [0.05, 0.1) is 5.41 Å². The van der Waals surface area contributed by atoms with Crippen molar-refractivity contribution >= 4 is 5.65 Å². The van der Waals surface area contributed by atoms with E-state index in [4.69, 9.17) is 0 Å². The van der Waals surface area contributed by atoms with Crippen LogP contribution in [-0.2, 0) is 12.5 Å². The van der Waals surface area contributed by atoms with Crippen LogP contribution in [0.2, 0.25) is 0 Å². The van der Waals surface area contributed by atoms with Crippen LogP contribution in [0.25, 0.3) is 16.8 Å². The molecule has 0 radical (unpaired) electrons. The summed E-state index contributed by atoms with van der Waals surface area (Å²) in [6.07, 6.45) is 6.15. The molecule has 0 unspecified atom stereocenters. The molecular weight excluding hydrogens is 348 g/mol. The first-order chi connectivity index (χ1) is 13.5. The minimum atomic E-state index is -0.0521. The van der Waals surface area contributed by atoms with Gasteiger partial charge in [0.15, 0.2) is 5.65 Å². The van der Waals surface area contributed by atoms with Crippen molar-refractivity contribution in [3.63, 3.8) is 0 Å². The highest BCUT2D eigenvalue weighted by Crippen LogP contribution is 2.52. The molecule has 1 aromatic carbocycles. The fourth-order valence-corrected chi connectivity index (χ4v) is 4.13. The van der Waals surface area contributed by atoms with E-state index >= 15 is 0 Å². The maximum Gasteiger partial charge on any atom is 0.253 e. The van der Waals surface area contributed by atoms with E-state index in [2.05, 4.69) is 52.0 Å². The summed E-state index contributed by atoms with van der Waals surface area (Å²) < 4.78 is 3.75. The average Bonchev–Trinajstić information content (AvgIpc) is 3.38. The van der Waals surface area contributed by atoms with Gasteiger partial charge in [-0.05, 0) is 61.6 Å². The summed E-state index contributed by atoms with van der Waals surface area (Å²) in [5.41, 5.74) is 6.20. The van der Waals surface area contributed by atoms with Gasteiger partial charge in [-0.3, -0.25) is 9.20 Å². The summed E-state index contributed by atoms with van der Waals surface area (Å²) in [5.74, 6) is 0.997. The molecule has 0 bridgehead atoms. The van der Waals surface area contributed by atoms with Gasteiger partial charge >= 0.3 is 0 Å². The van der Waals surface area contributed by atoms with Crippen molar-refractivity contribution in [1.82, 2.24) is 19.2 Å². The maximum atomic E-state index is 12.0. The first-order valence-electron chi connectivity index (χ1n) is 9.58. The smallest absolute Gasteiger partial charge is 0.253 e. The largest absolute Gasteiger partial charge is 0.318 e. The highest BCUT2D eigenvalue weighted by molar-refractivity contribution is 5.65. The molecule has 5 nitrogen and oxygen atoms in total. The number of nitrogens with zero attached hydrogens (tertiary/aromatic N) is 4. The Bertz CT molecular complexity index is 1250. The Morgan fingerprint density at radius 3 is 2.50 bits per heavy atom. The summed E-state index contributed by atoms with van der Waals surface area (Å²) in [6.45, 7) is 3.98. The van der Waals surface area contributed by atoms with E-state index in [0.717, 1.165) is 41.0 Å². The predicted molar refractivity (Wildman–Crippen MR) is 110 cm³/mol. The van der Waals surface area contributed by atoms with Crippen LogP contribution in [0.3, 0.4) is 0 Å². The maximum absolute atomic E-state index is 12.0. The van der Waals surface area contributed by atoms with E-state index in [9.17, 15) is 4.79 Å². The lowest BCUT2D eigenvalue weighted by Gasteiger charge is -2.15. The summed E-state index contributed by atoms with van der Waals surface area (Å²) in [6, 6.07) is 14.7. The van der Waals surface area contributed by atoms with Gasteiger partial charge in [0.1, 0.15) is 5.82 Å². The van der Waals surface area contributed by atoms with E-state index < -0.39 is 0 Å².